The minimum absolute atomic E-state index is 0.0848. The minimum atomic E-state index is -3.61. The van der Waals surface area contributed by atoms with Crippen LogP contribution in [-0.2, 0) is 0 Å². The topological polar surface area (TPSA) is 80.9 Å². The zero-order chi connectivity index (χ0) is 11.4. The summed E-state index contributed by atoms with van der Waals surface area (Å²) >= 11 is 0. The first-order chi connectivity index (χ1) is 6.29. The van der Waals surface area contributed by atoms with Crippen molar-refractivity contribution in [1.82, 2.24) is 0 Å². The van der Waals surface area contributed by atoms with Gasteiger partial charge in [0.05, 0.1) is 12.2 Å². The van der Waals surface area contributed by atoms with Crippen LogP contribution in [0.3, 0.4) is 0 Å². The van der Waals surface area contributed by atoms with Crippen molar-refractivity contribution in [3.8, 4) is 0 Å². The fraction of sp³-hybridized carbons (Fsp3) is 1.00. The van der Waals surface area contributed by atoms with Crippen molar-refractivity contribution in [2.75, 3.05) is 6.61 Å². The molecule has 0 aliphatic rings. The molecule has 0 rings (SSSR count). The Morgan fingerprint density at radius 2 is 1.64 bits per heavy atom. The van der Waals surface area contributed by atoms with Gasteiger partial charge in [0.2, 0.25) is 0 Å². The smallest absolute Gasteiger partial charge is 0.296 e. The van der Waals surface area contributed by atoms with Crippen LogP contribution >= 0.6 is 0 Å². The molecule has 0 aliphatic heterocycles. The van der Waals surface area contributed by atoms with Gasteiger partial charge in [-0.3, -0.25) is 0 Å². The van der Waals surface area contributed by atoms with Crippen LogP contribution in [0.2, 0.25) is 0 Å². The van der Waals surface area contributed by atoms with Crippen LogP contribution in [-0.4, -0.2) is 51.3 Å². The Bertz CT molecular complexity index is 163. The van der Waals surface area contributed by atoms with Crippen molar-refractivity contribution in [2.24, 2.45) is 0 Å². The summed E-state index contributed by atoms with van der Waals surface area (Å²) in [5.41, 5.74) is 0. The van der Waals surface area contributed by atoms with E-state index in [1.807, 2.05) is 0 Å². The molecule has 0 bridgehead atoms. The van der Waals surface area contributed by atoms with Crippen molar-refractivity contribution in [3.63, 3.8) is 0 Å². The number of aliphatic hydroxyl groups excluding tert-OH is 4. The van der Waals surface area contributed by atoms with Crippen LogP contribution in [0.25, 0.3) is 0 Å². The highest BCUT2D eigenvalue weighted by atomic mass is 19.3. The summed E-state index contributed by atoms with van der Waals surface area (Å²) in [6, 6.07) is 0. The molecule has 6 heteroatoms. The summed E-state index contributed by atoms with van der Waals surface area (Å²) in [6.45, 7) is -0.0602. The lowest BCUT2D eigenvalue weighted by atomic mass is 10.0. The third kappa shape index (κ3) is 4.80. The second-order valence-electron chi connectivity index (χ2n) is 3.41. The van der Waals surface area contributed by atoms with Gasteiger partial charge in [0.1, 0.15) is 12.7 Å². The van der Waals surface area contributed by atoms with E-state index in [-0.39, 0.29) is 6.42 Å². The SMILES string of the molecule is CC(O)CC(O)CC(O)C(F)(F)CO. The van der Waals surface area contributed by atoms with Gasteiger partial charge < -0.3 is 20.4 Å². The Morgan fingerprint density at radius 3 is 2.00 bits per heavy atom. The third-order valence-corrected chi connectivity index (χ3v) is 1.81. The highest BCUT2D eigenvalue weighted by Gasteiger charge is 2.38. The first-order valence-corrected chi connectivity index (χ1v) is 4.32. The highest BCUT2D eigenvalue weighted by Crippen LogP contribution is 2.22. The predicted octanol–water partition coefficient (Wildman–Crippen LogP) is -0.503. The number of aliphatic hydroxyl groups is 4. The van der Waals surface area contributed by atoms with Crippen LogP contribution < -0.4 is 0 Å². The van der Waals surface area contributed by atoms with Gasteiger partial charge in [-0.2, -0.15) is 0 Å². The Hall–Kier alpha value is -0.300. The molecule has 0 fully saturated rings. The molecule has 0 amide bonds. The van der Waals surface area contributed by atoms with Gasteiger partial charge in [-0.25, -0.2) is 8.78 Å². The normalized spacial score (nSPS) is 19.1. The zero-order valence-electron chi connectivity index (χ0n) is 7.90. The monoisotopic (exact) mass is 214 g/mol. The van der Waals surface area contributed by atoms with Crippen LogP contribution in [0.15, 0.2) is 0 Å². The number of alkyl halides is 2. The molecule has 0 aliphatic carbocycles. The number of halogens is 2. The van der Waals surface area contributed by atoms with Gasteiger partial charge >= 0.3 is 0 Å². The van der Waals surface area contributed by atoms with E-state index in [9.17, 15) is 8.78 Å². The molecule has 0 spiro atoms. The molecule has 86 valence electrons. The predicted molar refractivity (Wildman–Crippen MR) is 45.0 cm³/mol. The van der Waals surface area contributed by atoms with E-state index >= 15 is 0 Å². The molecule has 4 nitrogen and oxygen atoms in total. The zero-order valence-corrected chi connectivity index (χ0v) is 7.90. The van der Waals surface area contributed by atoms with Gasteiger partial charge in [-0.15, -0.1) is 0 Å². The van der Waals surface area contributed by atoms with Gasteiger partial charge in [0.15, 0.2) is 0 Å². The lowest BCUT2D eigenvalue weighted by Gasteiger charge is -2.23. The average Bonchev–Trinajstić information content (AvgIpc) is 2.02. The van der Waals surface area contributed by atoms with Crippen molar-refractivity contribution in [1.29, 1.82) is 0 Å². The largest absolute Gasteiger partial charge is 0.393 e. The molecule has 3 atom stereocenters. The molecular weight excluding hydrogens is 198 g/mol. The Kier molecular flexibility index (Phi) is 5.43. The summed E-state index contributed by atoms with van der Waals surface area (Å²) in [5, 5.41) is 35.1. The molecule has 0 aromatic rings. The van der Waals surface area contributed by atoms with Crippen molar-refractivity contribution in [2.45, 2.75) is 44.0 Å². The average molecular weight is 214 g/mol. The van der Waals surface area contributed by atoms with Crippen LogP contribution in [0, 0.1) is 0 Å². The lowest BCUT2D eigenvalue weighted by Crippen LogP contribution is -2.39. The Balaban J connectivity index is 3.99. The molecule has 0 heterocycles. The molecule has 0 saturated carbocycles. The molecule has 0 aromatic carbocycles. The van der Waals surface area contributed by atoms with E-state index in [1.54, 1.807) is 0 Å². The van der Waals surface area contributed by atoms with E-state index in [2.05, 4.69) is 0 Å². The van der Waals surface area contributed by atoms with Crippen LogP contribution in [0.4, 0.5) is 8.78 Å². The van der Waals surface area contributed by atoms with Gasteiger partial charge in [0, 0.05) is 6.42 Å². The van der Waals surface area contributed by atoms with E-state index in [4.69, 9.17) is 20.4 Å². The van der Waals surface area contributed by atoms with Crippen molar-refractivity contribution >= 4 is 0 Å². The van der Waals surface area contributed by atoms with Gasteiger partial charge in [0.25, 0.3) is 5.92 Å². The first kappa shape index (κ1) is 13.7. The molecule has 0 radical (unpaired) electrons. The second-order valence-corrected chi connectivity index (χ2v) is 3.41. The second kappa shape index (κ2) is 5.55. The summed E-state index contributed by atoms with van der Waals surface area (Å²) in [4.78, 5) is 0. The third-order valence-electron chi connectivity index (χ3n) is 1.81. The van der Waals surface area contributed by atoms with E-state index in [1.165, 1.54) is 6.92 Å². The van der Waals surface area contributed by atoms with Gasteiger partial charge in [-0.1, -0.05) is 0 Å². The Labute approximate surface area is 80.8 Å². The van der Waals surface area contributed by atoms with Gasteiger partial charge in [-0.05, 0) is 13.3 Å². The molecule has 0 saturated heterocycles. The maximum atomic E-state index is 12.6. The summed E-state index contributed by atoms with van der Waals surface area (Å²) in [7, 11) is 0. The number of rotatable bonds is 6. The lowest BCUT2D eigenvalue weighted by molar-refractivity contribution is -0.147. The summed E-state index contributed by atoms with van der Waals surface area (Å²) in [6.07, 6.45) is -4.78. The summed E-state index contributed by atoms with van der Waals surface area (Å²) in [5.74, 6) is -3.61. The van der Waals surface area contributed by atoms with Crippen molar-refractivity contribution in [3.05, 3.63) is 0 Å². The molecule has 3 unspecified atom stereocenters. The fourth-order valence-electron chi connectivity index (χ4n) is 1.03. The summed E-state index contributed by atoms with van der Waals surface area (Å²) < 4.78 is 25.1. The minimum Gasteiger partial charge on any atom is -0.393 e. The Morgan fingerprint density at radius 1 is 1.14 bits per heavy atom. The first-order valence-electron chi connectivity index (χ1n) is 4.32. The molecule has 0 aromatic heterocycles. The molecule has 4 N–H and O–H groups in total. The highest BCUT2D eigenvalue weighted by molar-refractivity contribution is 4.78. The number of hydrogen-bond acceptors (Lipinski definition) is 4. The maximum absolute atomic E-state index is 12.6. The van der Waals surface area contributed by atoms with Crippen LogP contribution in [0.1, 0.15) is 19.8 Å². The molecule has 14 heavy (non-hydrogen) atoms. The maximum Gasteiger partial charge on any atom is 0.296 e. The standard InChI is InChI=1S/C8H16F2O4/c1-5(12)2-6(13)3-7(14)8(9,10)4-11/h5-7,11-14H,2-4H2,1H3. The van der Waals surface area contributed by atoms with Crippen molar-refractivity contribution < 1.29 is 29.2 Å². The van der Waals surface area contributed by atoms with E-state index in [0.29, 0.717) is 0 Å². The number of hydrogen-bond donors (Lipinski definition) is 4. The van der Waals surface area contributed by atoms with Crippen LogP contribution in [0.5, 0.6) is 0 Å². The fourth-order valence-corrected chi connectivity index (χ4v) is 1.03. The quantitative estimate of drug-likeness (QED) is 0.480. The van der Waals surface area contributed by atoms with E-state index in [0.717, 1.165) is 0 Å². The molecular formula is C8H16F2O4. The van der Waals surface area contributed by atoms with E-state index < -0.39 is 37.3 Å².